The summed E-state index contributed by atoms with van der Waals surface area (Å²) in [6.45, 7) is 1.98. The van der Waals surface area contributed by atoms with Gasteiger partial charge in [-0.1, -0.05) is 46.6 Å². The third kappa shape index (κ3) is 4.84. The molecule has 4 nitrogen and oxygen atoms in total. The summed E-state index contributed by atoms with van der Waals surface area (Å²) in [7, 11) is 0. The average molecular weight is 452 g/mol. The molecular formula is C19H16BrClN2O2S. The van der Waals surface area contributed by atoms with Crippen LogP contribution in [0.2, 0.25) is 5.02 Å². The van der Waals surface area contributed by atoms with Gasteiger partial charge in [-0.3, -0.25) is 10.1 Å². The first-order valence-electron chi connectivity index (χ1n) is 7.97. The zero-order chi connectivity index (χ0) is 18.5. The number of amides is 1. The van der Waals surface area contributed by atoms with E-state index in [2.05, 4.69) is 26.2 Å². The average Bonchev–Trinajstić information content (AvgIpc) is 3.09. The molecule has 3 aromatic rings. The van der Waals surface area contributed by atoms with Crippen LogP contribution < -0.4 is 10.1 Å². The third-order valence-electron chi connectivity index (χ3n) is 3.65. The first-order chi connectivity index (χ1) is 12.5. The van der Waals surface area contributed by atoms with E-state index in [1.165, 1.54) is 11.3 Å². The summed E-state index contributed by atoms with van der Waals surface area (Å²) in [6.07, 6.45) is 0.827. The van der Waals surface area contributed by atoms with Gasteiger partial charge in [0.25, 0.3) is 5.91 Å². The number of nitrogens with zero attached hydrogens (tertiary/aromatic N) is 1. The van der Waals surface area contributed by atoms with Crippen molar-refractivity contribution in [2.24, 2.45) is 0 Å². The smallest absolute Gasteiger partial charge is 0.264 e. The van der Waals surface area contributed by atoms with Crippen molar-refractivity contribution >= 4 is 49.9 Å². The molecular weight excluding hydrogens is 436 g/mol. The van der Waals surface area contributed by atoms with Gasteiger partial charge < -0.3 is 4.74 Å². The highest BCUT2D eigenvalue weighted by Gasteiger charge is 2.10. The van der Waals surface area contributed by atoms with E-state index < -0.39 is 0 Å². The Kier molecular flexibility index (Phi) is 6.29. The van der Waals surface area contributed by atoms with Crippen molar-refractivity contribution in [1.29, 1.82) is 0 Å². The Morgan fingerprint density at radius 2 is 2.04 bits per heavy atom. The maximum Gasteiger partial charge on any atom is 0.264 e. The molecule has 7 heteroatoms. The number of carbonyl (C=O) groups excluding carboxylic acids is 1. The molecule has 26 heavy (non-hydrogen) atoms. The van der Waals surface area contributed by atoms with Gasteiger partial charge in [-0.05, 0) is 42.3 Å². The van der Waals surface area contributed by atoms with Crippen molar-refractivity contribution in [1.82, 2.24) is 4.98 Å². The first kappa shape index (κ1) is 18.9. The summed E-state index contributed by atoms with van der Waals surface area (Å²) in [6, 6.07) is 13.2. The molecule has 0 aliphatic heterocycles. The van der Waals surface area contributed by atoms with Crippen LogP contribution in [0.3, 0.4) is 0 Å². The number of rotatable bonds is 6. The Morgan fingerprint density at radius 3 is 2.77 bits per heavy atom. The molecule has 0 fully saturated rings. The molecule has 0 aliphatic carbocycles. The molecule has 0 atom stereocenters. The molecule has 1 heterocycles. The van der Waals surface area contributed by atoms with Crippen molar-refractivity contribution in [3.05, 3.63) is 62.9 Å². The lowest BCUT2D eigenvalue weighted by Gasteiger charge is -2.10. The van der Waals surface area contributed by atoms with Crippen molar-refractivity contribution in [3.63, 3.8) is 0 Å². The lowest BCUT2D eigenvalue weighted by molar-refractivity contribution is -0.118. The second-order valence-corrected chi connectivity index (χ2v) is 7.70. The maximum atomic E-state index is 12.1. The van der Waals surface area contributed by atoms with Gasteiger partial charge in [0.2, 0.25) is 0 Å². The molecule has 2 aromatic carbocycles. The fourth-order valence-corrected chi connectivity index (χ4v) is 3.62. The zero-order valence-electron chi connectivity index (χ0n) is 14.0. The molecule has 1 N–H and O–H groups in total. The van der Waals surface area contributed by atoms with Gasteiger partial charge >= 0.3 is 0 Å². The highest BCUT2D eigenvalue weighted by atomic mass is 79.9. The van der Waals surface area contributed by atoms with E-state index in [9.17, 15) is 4.79 Å². The highest BCUT2D eigenvalue weighted by Crippen LogP contribution is 2.26. The number of benzene rings is 2. The van der Waals surface area contributed by atoms with Crippen LogP contribution in [0, 0.1) is 0 Å². The van der Waals surface area contributed by atoms with E-state index in [1.807, 2.05) is 54.8 Å². The molecule has 0 radical (unpaired) electrons. The second kappa shape index (κ2) is 8.66. The van der Waals surface area contributed by atoms with E-state index in [-0.39, 0.29) is 12.5 Å². The van der Waals surface area contributed by atoms with Crippen molar-refractivity contribution in [2.45, 2.75) is 13.3 Å². The van der Waals surface area contributed by atoms with Gasteiger partial charge in [0.05, 0.1) is 5.69 Å². The third-order valence-corrected chi connectivity index (χ3v) is 5.16. The van der Waals surface area contributed by atoms with Gasteiger partial charge in [-0.25, -0.2) is 4.98 Å². The van der Waals surface area contributed by atoms with Gasteiger partial charge in [-0.15, -0.1) is 11.3 Å². The van der Waals surface area contributed by atoms with Gasteiger partial charge in [-0.2, -0.15) is 0 Å². The summed E-state index contributed by atoms with van der Waals surface area (Å²) >= 11 is 10.7. The number of nitrogens with one attached hydrogen (secondary N) is 1. The highest BCUT2D eigenvalue weighted by molar-refractivity contribution is 9.10. The number of anilines is 1. The zero-order valence-corrected chi connectivity index (χ0v) is 17.1. The van der Waals surface area contributed by atoms with E-state index in [1.54, 1.807) is 0 Å². The van der Waals surface area contributed by atoms with Gasteiger partial charge in [0, 0.05) is 20.4 Å². The number of hydrogen-bond donors (Lipinski definition) is 1. The van der Waals surface area contributed by atoms with Crippen LogP contribution >= 0.6 is 38.9 Å². The Hall–Kier alpha value is -1.89. The van der Waals surface area contributed by atoms with Crippen LogP contribution in [0.15, 0.2) is 52.3 Å². The standard InChI is InChI=1S/C19H16BrClN2O2S/c1-2-12-9-14(20)5-8-17(12)25-10-18(24)23-19-22-16(11-26-19)13-3-6-15(21)7-4-13/h3-9,11H,2,10H2,1H3,(H,22,23,24). The molecule has 0 bridgehead atoms. The number of ether oxygens (including phenoxy) is 1. The Balaban J connectivity index is 1.60. The number of aromatic nitrogens is 1. The normalized spacial score (nSPS) is 10.6. The minimum atomic E-state index is -0.244. The number of halogens is 2. The van der Waals surface area contributed by atoms with Crippen LogP contribution in [-0.2, 0) is 11.2 Å². The SMILES string of the molecule is CCc1cc(Br)ccc1OCC(=O)Nc1nc(-c2ccc(Cl)cc2)cs1. The van der Waals surface area contributed by atoms with Crippen molar-refractivity contribution in [2.75, 3.05) is 11.9 Å². The summed E-state index contributed by atoms with van der Waals surface area (Å²) in [4.78, 5) is 16.6. The monoisotopic (exact) mass is 450 g/mol. The van der Waals surface area contributed by atoms with Crippen molar-refractivity contribution < 1.29 is 9.53 Å². The predicted molar refractivity (Wildman–Crippen MR) is 110 cm³/mol. The molecule has 0 aliphatic rings. The number of aryl methyl sites for hydroxylation is 1. The van der Waals surface area contributed by atoms with Crippen LogP contribution in [0.25, 0.3) is 11.3 Å². The molecule has 1 aromatic heterocycles. The summed E-state index contributed by atoms with van der Waals surface area (Å²) in [5, 5.41) is 5.88. The summed E-state index contributed by atoms with van der Waals surface area (Å²) in [5.74, 6) is 0.471. The van der Waals surface area contributed by atoms with E-state index in [4.69, 9.17) is 16.3 Å². The van der Waals surface area contributed by atoms with Crippen molar-refractivity contribution in [3.8, 4) is 17.0 Å². The Labute approximate surface area is 169 Å². The van der Waals surface area contributed by atoms with Crippen LogP contribution in [0.4, 0.5) is 5.13 Å². The molecule has 0 unspecified atom stereocenters. The molecule has 0 saturated heterocycles. The molecule has 134 valence electrons. The minimum Gasteiger partial charge on any atom is -0.483 e. The number of carbonyl (C=O) groups is 1. The first-order valence-corrected chi connectivity index (χ1v) is 10.0. The summed E-state index contributed by atoms with van der Waals surface area (Å²) in [5.41, 5.74) is 2.79. The largest absolute Gasteiger partial charge is 0.483 e. The lowest BCUT2D eigenvalue weighted by atomic mass is 10.1. The molecule has 0 saturated carbocycles. The molecule has 1 amide bonds. The van der Waals surface area contributed by atoms with Crippen LogP contribution in [-0.4, -0.2) is 17.5 Å². The fourth-order valence-electron chi connectivity index (χ4n) is 2.35. The lowest BCUT2D eigenvalue weighted by Crippen LogP contribution is -2.20. The topological polar surface area (TPSA) is 51.2 Å². The van der Waals surface area contributed by atoms with E-state index >= 15 is 0 Å². The fraction of sp³-hybridized carbons (Fsp3) is 0.158. The van der Waals surface area contributed by atoms with Crippen LogP contribution in [0.5, 0.6) is 5.75 Å². The molecule has 0 spiro atoms. The van der Waals surface area contributed by atoms with E-state index in [0.29, 0.717) is 15.9 Å². The maximum absolute atomic E-state index is 12.1. The Morgan fingerprint density at radius 1 is 1.27 bits per heavy atom. The quantitative estimate of drug-likeness (QED) is 0.515. The molecule has 3 rings (SSSR count). The van der Waals surface area contributed by atoms with E-state index in [0.717, 1.165) is 27.7 Å². The second-order valence-electron chi connectivity index (χ2n) is 5.49. The number of hydrogen-bond acceptors (Lipinski definition) is 4. The van der Waals surface area contributed by atoms with Gasteiger partial charge in [0.1, 0.15) is 5.75 Å². The predicted octanol–water partition coefficient (Wildman–Crippen LogP) is 5.81. The number of thiazole rings is 1. The van der Waals surface area contributed by atoms with Crippen LogP contribution in [0.1, 0.15) is 12.5 Å². The van der Waals surface area contributed by atoms with Gasteiger partial charge in [0.15, 0.2) is 11.7 Å². The summed E-state index contributed by atoms with van der Waals surface area (Å²) < 4.78 is 6.64. The Bertz CT molecular complexity index is 912. The minimum absolute atomic E-state index is 0.0650.